The van der Waals surface area contributed by atoms with Crippen molar-refractivity contribution < 1.29 is 19.8 Å². The predicted molar refractivity (Wildman–Crippen MR) is 49.1 cm³/mol. The molecule has 0 aliphatic rings. The first-order valence-corrected chi connectivity index (χ1v) is 6.11. The number of carboxylic acids is 2. The number of aliphatic carboxylic acids is 2. The molecule has 0 heterocycles. The topological polar surface area (TPSA) is 74.6 Å². The molecule has 0 saturated heterocycles. The Morgan fingerprint density at radius 1 is 1.08 bits per heavy atom. The fourth-order valence-electron chi connectivity index (χ4n) is 0.856. The minimum atomic E-state index is -0.873. The van der Waals surface area contributed by atoms with Crippen LogP contribution in [0.3, 0.4) is 0 Å². The van der Waals surface area contributed by atoms with Gasteiger partial charge in [-0.15, -0.1) is 0 Å². The van der Waals surface area contributed by atoms with E-state index in [1.54, 1.807) is 13.8 Å². The zero-order chi connectivity index (χ0) is 10.4. The molecule has 4 nitrogen and oxygen atoms in total. The van der Waals surface area contributed by atoms with Crippen molar-refractivity contribution in [2.45, 2.75) is 36.3 Å². The maximum absolute atomic E-state index is 10.6. The van der Waals surface area contributed by atoms with E-state index in [1.807, 2.05) is 0 Å². The summed E-state index contributed by atoms with van der Waals surface area (Å²) < 4.78 is 0. The van der Waals surface area contributed by atoms with Gasteiger partial charge in [-0.2, -0.15) is 0 Å². The second kappa shape index (κ2) is 6.00. The van der Waals surface area contributed by atoms with Crippen LogP contribution in [0.5, 0.6) is 0 Å². The van der Waals surface area contributed by atoms with E-state index in [4.69, 9.17) is 10.2 Å². The van der Waals surface area contributed by atoms with Crippen molar-refractivity contribution in [3.63, 3.8) is 0 Å². The van der Waals surface area contributed by atoms with E-state index in [1.165, 1.54) is 0 Å². The van der Waals surface area contributed by atoms with Crippen molar-refractivity contribution in [2.24, 2.45) is 0 Å². The Balaban J connectivity index is 4.19. The van der Waals surface area contributed by atoms with Crippen molar-refractivity contribution in [3.8, 4) is 0 Å². The first-order valence-electron chi connectivity index (χ1n) is 4.13. The molecule has 0 saturated carbocycles. The van der Waals surface area contributed by atoms with E-state index in [-0.39, 0.29) is 15.0 Å². The molecule has 0 spiro atoms. The van der Waals surface area contributed by atoms with Crippen LogP contribution in [0.25, 0.3) is 0 Å². The van der Waals surface area contributed by atoms with E-state index >= 15 is 0 Å². The zero-order valence-corrected chi connectivity index (χ0v) is 9.40. The Bertz CT molecular complexity index is 173. The van der Waals surface area contributed by atoms with E-state index in [0.717, 1.165) is 0 Å². The van der Waals surface area contributed by atoms with Crippen molar-refractivity contribution in [2.75, 3.05) is 0 Å². The van der Waals surface area contributed by atoms with E-state index in [0.29, 0.717) is 12.8 Å². The molecular weight excluding hydrogens is 239 g/mol. The Hall–Kier alpha value is -0.541. The molecule has 0 aromatic rings. The van der Waals surface area contributed by atoms with Gasteiger partial charge in [0.05, 0.1) is 0 Å². The summed E-state index contributed by atoms with van der Waals surface area (Å²) in [6.07, 6.45) is 1.03. The third-order valence-corrected chi connectivity index (χ3v) is 5.24. The SMILES string of the molecule is CCC([Se]C(CC)C(=O)O)C(=O)O. The van der Waals surface area contributed by atoms with E-state index in [2.05, 4.69) is 0 Å². The predicted octanol–water partition coefficient (Wildman–Crippen LogP) is 1.26. The third-order valence-electron chi connectivity index (χ3n) is 1.62. The van der Waals surface area contributed by atoms with Gasteiger partial charge in [-0.05, 0) is 0 Å². The molecule has 0 rings (SSSR count). The van der Waals surface area contributed by atoms with Gasteiger partial charge in [-0.25, -0.2) is 0 Å². The Morgan fingerprint density at radius 3 is 1.54 bits per heavy atom. The molecular formula is C8H14O4Se. The van der Waals surface area contributed by atoms with Crippen LogP contribution in [-0.4, -0.2) is 37.1 Å². The standard InChI is InChI=1S/C8H14O4Se/c1-3-5(7(9)10)13-6(4-2)8(11)12/h5-6H,3-4H2,1-2H3,(H,9,10)(H,11,12). The van der Waals surface area contributed by atoms with Crippen LogP contribution in [0, 0.1) is 0 Å². The molecule has 0 fully saturated rings. The summed E-state index contributed by atoms with van der Waals surface area (Å²) in [4.78, 5) is 20.3. The van der Waals surface area contributed by atoms with Crippen LogP contribution < -0.4 is 0 Å². The van der Waals surface area contributed by atoms with Crippen LogP contribution in [0.15, 0.2) is 0 Å². The molecule has 0 aromatic heterocycles. The molecule has 13 heavy (non-hydrogen) atoms. The van der Waals surface area contributed by atoms with Crippen LogP contribution >= 0.6 is 0 Å². The van der Waals surface area contributed by atoms with Gasteiger partial charge in [-0.3, -0.25) is 0 Å². The van der Waals surface area contributed by atoms with Crippen LogP contribution in [-0.2, 0) is 9.59 Å². The Labute approximate surface area is 83.5 Å². The second-order valence-corrected chi connectivity index (χ2v) is 5.57. The molecule has 5 heteroatoms. The molecule has 0 aromatic carbocycles. The van der Waals surface area contributed by atoms with Crippen molar-refractivity contribution in [1.82, 2.24) is 0 Å². The summed E-state index contributed by atoms with van der Waals surface area (Å²) in [6.45, 7) is 3.55. The van der Waals surface area contributed by atoms with Gasteiger partial charge >= 0.3 is 83.0 Å². The zero-order valence-electron chi connectivity index (χ0n) is 7.69. The quantitative estimate of drug-likeness (QED) is 0.699. The first-order chi connectivity index (χ1) is 6.02. The summed E-state index contributed by atoms with van der Waals surface area (Å²) in [6, 6.07) is 0. The molecule has 76 valence electrons. The van der Waals surface area contributed by atoms with Crippen molar-refractivity contribution in [1.29, 1.82) is 0 Å². The third kappa shape index (κ3) is 4.29. The number of rotatable bonds is 6. The van der Waals surface area contributed by atoms with Gasteiger partial charge in [0, 0.05) is 0 Å². The summed E-state index contributed by atoms with van der Waals surface area (Å²) in [5.41, 5.74) is 0. The molecule has 2 atom stereocenters. The van der Waals surface area contributed by atoms with Gasteiger partial charge in [-0.1, -0.05) is 0 Å². The number of hydrogen-bond donors (Lipinski definition) is 2. The average molecular weight is 253 g/mol. The molecule has 2 N–H and O–H groups in total. The summed E-state index contributed by atoms with van der Waals surface area (Å²) in [5, 5.41) is 17.4. The fourth-order valence-corrected chi connectivity index (χ4v) is 2.98. The van der Waals surface area contributed by atoms with Crippen LogP contribution in [0.2, 0.25) is 9.63 Å². The van der Waals surface area contributed by atoms with Crippen molar-refractivity contribution >= 4 is 26.9 Å². The monoisotopic (exact) mass is 254 g/mol. The van der Waals surface area contributed by atoms with E-state index < -0.39 is 21.6 Å². The fraction of sp³-hybridized carbons (Fsp3) is 0.750. The molecule has 0 aliphatic heterocycles. The van der Waals surface area contributed by atoms with Gasteiger partial charge in [0.15, 0.2) is 0 Å². The summed E-state index contributed by atoms with van der Waals surface area (Å²) in [7, 11) is 0. The number of carbonyl (C=O) groups is 2. The Morgan fingerprint density at radius 2 is 1.38 bits per heavy atom. The van der Waals surface area contributed by atoms with Crippen LogP contribution in [0.1, 0.15) is 26.7 Å². The number of hydrogen-bond acceptors (Lipinski definition) is 2. The molecule has 2 unspecified atom stereocenters. The summed E-state index contributed by atoms with van der Waals surface area (Å²) in [5.74, 6) is -1.75. The second-order valence-electron chi connectivity index (χ2n) is 2.61. The van der Waals surface area contributed by atoms with Crippen LogP contribution in [0.4, 0.5) is 0 Å². The van der Waals surface area contributed by atoms with Crippen molar-refractivity contribution in [3.05, 3.63) is 0 Å². The van der Waals surface area contributed by atoms with Gasteiger partial charge in [0.2, 0.25) is 0 Å². The molecule has 0 bridgehead atoms. The van der Waals surface area contributed by atoms with Gasteiger partial charge in [0.1, 0.15) is 0 Å². The van der Waals surface area contributed by atoms with E-state index in [9.17, 15) is 9.59 Å². The average Bonchev–Trinajstić information content (AvgIpc) is 2.05. The molecule has 0 aliphatic carbocycles. The summed E-state index contributed by atoms with van der Waals surface area (Å²) >= 11 is -0.346. The van der Waals surface area contributed by atoms with Gasteiger partial charge < -0.3 is 0 Å². The molecule has 0 amide bonds. The Kier molecular flexibility index (Phi) is 5.75. The minimum absolute atomic E-state index is 0.346. The first kappa shape index (κ1) is 12.5. The maximum atomic E-state index is 10.6. The molecule has 0 radical (unpaired) electrons. The number of carboxylic acid groups (broad SMARTS) is 2. The normalized spacial score (nSPS) is 14.9. The van der Waals surface area contributed by atoms with Gasteiger partial charge in [0.25, 0.3) is 0 Å².